The maximum absolute atomic E-state index is 14.0. The van der Waals surface area contributed by atoms with Crippen molar-refractivity contribution in [2.45, 2.75) is 39.7 Å². The quantitative estimate of drug-likeness (QED) is 0.249. The average Bonchev–Trinajstić information content (AvgIpc) is 3.30. The van der Waals surface area contributed by atoms with E-state index in [-0.39, 0.29) is 5.91 Å². The number of nitrogens with zero attached hydrogens (tertiary/aromatic N) is 2. The molecule has 0 saturated carbocycles. The predicted octanol–water partition coefficient (Wildman–Crippen LogP) is 8.59. The third-order valence-electron chi connectivity index (χ3n) is 7.21. The van der Waals surface area contributed by atoms with E-state index >= 15 is 0 Å². The van der Waals surface area contributed by atoms with Gasteiger partial charge in [-0.25, -0.2) is 0 Å². The normalized spacial score (nSPS) is 13.1. The molecular formula is C31H27Cl2N3O. The second-order valence-corrected chi connectivity index (χ2v) is 10.6. The van der Waals surface area contributed by atoms with E-state index in [1.54, 1.807) is 18.2 Å². The van der Waals surface area contributed by atoms with Crippen molar-refractivity contribution in [1.82, 2.24) is 8.97 Å². The topological polar surface area (TPSA) is 38.4 Å². The molecule has 1 amide bonds. The average molecular weight is 528 g/mol. The van der Waals surface area contributed by atoms with Crippen LogP contribution in [0.5, 0.6) is 0 Å². The summed E-state index contributed by atoms with van der Waals surface area (Å²) in [5, 5.41) is 3.93. The molecule has 1 N–H and O–H groups in total. The van der Waals surface area contributed by atoms with E-state index in [0.29, 0.717) is 21.4 Å². The zero-order valence-electron chi connectivity index (χ0n) is 20.8. The zero-order valence-corrected chi connectivity index (χ0v) is 22.3. The molecule has 3 aromatic carbocycles. The first-order valence-corrected chi connectivity index (χ1v) is 13.3. The fourth-order valence-electron chi connectivity index (χ4n) is 5.36. The van der Waals surface area contributed by atoms with E-state index in [4.69, 9.17) is 23.2 Å². The number of aromatic nitrogens is 2. The second-order valence-electron chi connectivity index (χ2n) is 9.83. The fourth-order valence-corrected chi connectivity index (χ4v) is 5.66. The number of nitrogens with one attached hydrogen (secondary N) is 1. The predicted molar refractivity (Wildman–Crippen MR) is 153 cm³/mol. The van der Waals surface area contributed by atoms with Crippen molar-refractivity contribution in [3.63, 3.8) is 0 Å². The molecule has 0 saturated heterocycles. The Morgan fingerprint density at radius 3 is 2.19 bits per heavy atom. The second kappa shape index (κ2) is 9.44. The van der Waals surface area contributed by atoms with E-state index in [0.717, 1.165) is 53.8 Å². The number of amides is 1. The monoisotopic (exact) mass is 527 g/mol. The number of imidazole rings is 1. The smallest absolute Gasteiger partial charge is 0.273 e. The molecule has 5 aromatic rings. The Labute approximate surface area is 226 Å². The van der Waals surface area contributed by atoms with Crippen molar-refractivity contribution in [2.75, 3.05) is 5.32 Å². The summed E-state index contributed by atoms with van der Waals surface area (Å²) >= 11 is 12.4. The fraction of sp³-hybridized carbons (Fsp3) is 0.194. The van der Waals surface area contributed by atoms with Crippen LogP contribution in [0, 0.1) is 13.8 Å². The van der Waals surface area contributed by atoms with Crippen molar-refractivity contribution in [3.8, 4) is 22.4 Å². The Morgan fingerprint density at radius 1 is 0.838 bits per heavy atom. The van der Waals surface area contributed by atoms with E-state index < -0.39 is 0 Å². The van der Waals surface area contributed by atoms with Gasteiger partial charge in [0.25, 0.3) is 5.91 Å². The van der Waals surface area contributed by atoms with Crippen LogP contribution in [-0.4, -0.2) is 14.9 Å². The highest BCUT2D eigenvalue weighted by Gasteiger charge is 2.29. The van der Waals surface area contributed by atoms with Gasteiger partial charge in [0.1, 0.15) is 11.3 Å². The van der Waals surface area contributed by atoms with E-state index in [1.807, 2.05) is 0 Å². The van der Waals surface area contributed by atoms with E-state index in [1.165, 1.54) is 16.7 Å². The molecule has 0 fully saturated rings. The summed E-state index contributed by atoms with van der Waals surface area (Å²) in [7, 11) is 0. The lowest BCUT2D eigenvalue weighted by Crippen LogP contribution is -2.15. The third-order valence-corrected chi connectivity index (χ3v) is 7.95. The number of anilines is 1. The number of aryl methyl sites for hydroxylation is 4. The molecule has 0 radical (unpaired) electrons. The van der Waals surface area contributed by atoms with Crippen LogP contribution in [0.4, 0.5) is 5.69 Å². The maximum atomic E-state index is 14.0. The molecule has 6 heteroatoms. The van der Waals surface area contributed by atoms with Crippen LogP contribution < -0.4 is 5.32 Å². The molecule has 3 heterocycles. The lowest BCUT2D eigenvalue weighted by atomic mass is 9.97. The summed E-state index contributed by atoms with van der Waals surface area (Å²) in [6.45, 7) is 5.09. The van der Waals surface area contributed by atoms with E-state index in [2.05, 4.69) is 82.9 Å². The van der Waals surface area contributed by atoms with Gasteiger partial charge in [0.05, 0.1) is 15.7 Å². The molecule has 1 aliphatic rings. The number of carbonyl (C=O) groups excluding carboxylic acids is 1. The zero-order chi connectivity index (χ0) is 25.7. The van der Waals surface area contributed by atoms with Gasteiger partial charge in [-0.1, -0.05) is 82.9 Å². The van der Waals surface area contributed by atoms with Gasteiger partial charge in [0.15, 0.2) is 0 Å². The van der Waals surface area contributed by atoms with Gasteiger partial charge in [-0.3, -0.25) is 9.20 Å². The van der Waals surface area contributed by atoms with Crippen LogP contribution >= 0.6 is 23.2 Å². The first-order chi connectivity index (χ1) is 17.9. The molecular weight excluding hydrogens is 501 g/mol. The molecule has 0 unspecified atom stereocenters. The van der Waals surface area contributed by atoms with Gasteiger partial charge in [-0.05, 0) is 62.4 Å². The van der Waals surface area contributed by atoms with Crippen LogP contribution in [0.2, 0.25) is 10.0 Å². The Morgan fingerprint density at radius 2 is 1.51 bits per heavy atom. The van der Waals surface area contributed by atoms with Gasteiger partial charge in [0.2, 0.25) is 0 Å². The van der Waals surface area contributed by atoms with Crippen molar-refractivity contribution in [2.24, 2.45) is 0 Å². The molecule has 0 atom stereocenters. The Hall–Kier alpha value is -3.47. The molecule has 0 bridgehead atoms. The number of hydrogen-bond donors (Lipinski definition) is 1. The number of rotatable bonds is 4. The van der Waals surface area contributed by atoms with Crippen LogP contribution in [0.25, 0.3) is 28.0 Å². The van der Waals surface area contributed by atoms with Gasteiger partial charge in [-0.2, -0.15) is 0 Å². The van der Waals surface area contributed by atoms with Crippen molar-refractivity contribution in [1.29, 1.82) is 0 Å². The van der Waals surface area contributed by atoms with Gasteiger partial charge < -0.3 is 9.88 Å². The van der Waals surface area contributed by atoms with Crippen molar-refractivity contribution >= 4 is 40.4 Å². The molecule has 37 heavy (non-hydrogen) atoms. The van der Waals surface area contributed by atoms with Crippen molar-refractivity contribution < 1.29 is 4.79 Å². The SMILES string of the molecule is Cc1ccc(-c2c3c4n(c(-c5ccc(C)cc5)cn4c2C(=O)Nc2ccc(Cl)c(Cl)c2)CCCC3)cc1. The highest BCUT2D eigenvalue weighted by atomic mass is 35.5. The molecule has 1 aliphatic heterocycles. The molecule has 6 rings (SSSR count). The summed E-state index contributed by atoms with van der Waals surface area (Å²) in [5.74, 6) is -0.177. The highest BCUT2D eigenvalue weighted by Crippen LogP contribution is 2.40. The summed E-state index contributed by atoms with van der Waals surface area (Å²) in [6.07, 6.45) is 5.21. The largest absolute Gasteiger partial charge is 0.325 e. The van der Waals surface area contributed by atoms with Crippen LogP contribution in [0.3, 0.4) is 0 Å². The molecule has 0 aliphatic carbocycles. The van der Waals surface area contributed by atoms with Crippen LogP contribution in [-0.2, 0) is 13.0 Å². The van der Waals surface area contributed by atoms with Crippen molar-refractivity contribution in [3.05, 3.63) is 105 Å². The molecule has 4 nitrogen and oxygen atoms in total. The Kier molecular flexibility index (Phi) is 6.10. The standard InChI is InChI=1S/C31H27Cl2N3O/c1-19-6-10-21(11-7-19)27-18-36-29(30(37)34-23-14-15-25(32)26(33)17-23)28(22-12-8-20(2)9-13-22)24-5-3-4-16-35(27)31(24)36/h6-15,17-18H,3-5,16H2,1-2H3,(H,34,37). The minimum atomic E-state index is -0.177. The van der Waals surface area contributed by atoms with Crippen LogP contribution in [0.15, 0.2) is 72.9 Å². The summed E-state index contributed by atoms with van der Waals surface area (Å²) in [6, 6.07) is 22.2. The van der Waals surface area contributed by atoms with Gasteiger partial charge in [-0.15, -0.1) is 0 Å². The Bertz CT molecular complexity index is 1640. The maximum Gasteiger partial charge on any atom is 0.273 e. The Balaban J connectivity index is 1.59. The lowest BCUT2D eigenvalue weighted by molar-refractivity contribution is 0.102. The first kappa shape index (κ1) is 23.9. The molecule has 0 spiro atoms. The molecule has 2 aromatic heterocycles. The summed E-state index contributed by atoms with van der Waals surface area (Å²) in [4.78, 5) is 14.0. The van der Waals surface area contributed by atoms with Crippen LogP contribution in [0.1, 0.15) is 40.0 Å². The number of halogens is 2. The number of benzene rings is 3. The summed E-state index contributed by atoms with van der Waals surface area (Å²) in [5.41, 5.74) is 10.3. The van der Waals surface area contributed by atoms with Gasteiger partial charge in [0, 0.05) is 29.6 Å². The lowest BCUT2D eigenvalue weighted by Gasteiger charge is -2.11. The number of hydrogen-bond acceptors (Lipinski definition) is 1. The van der Waals surface area contributed by atoms with E-state index in [9.17, 15) is 4.79 Å². The minimum absolute atomic E-state index is 0.177. The highest BCUT2D eigenvalue weighted by molar-refractivity contribution is 6.42. The first-order valence-electron chi connectivity index (χ1n) is 12.6. The number of carbonyl (C=O) groups is 1. The minimum Gasteiger partial charge on any atom is -0.325 e. The third kappa shape index (κ3) is 4.24. The summed E-state index contributed by atoms with van der Waals surface area (Å²) < 4.78 is 4.48. The van der Waals surface area contributed by atoms with Gasteiger partial charge >= 0.3 is 0 Å². The molecule has 186 valence electrons.